The quantitative estimate of drug-likeness (QED) is 0.700. The average Bonchev–Trinajstić information content (AvgIpc) is 2.61. The van der Waals surface area contributed by atoms with Crippen LogP contribution in [0.1, 0.15) is 38.7 Å². The SMILES string of the molecule is Cc1ccc(S(=O)(=O)N2CCC[C@H](C(=O)NCCCOC(C)C)C2)cc1. The molecule has 26 heavy (non-hydrogen) atoms. The molecule has 1 aliphatic heterocycles. The zero-order chi connectivity index (χ0) is 19.2. The molecule has 1 heterocycles. The Morgan fingerprint density at radius 2 is 2.00 bits per heavy atom. The van der Waals surface area contributed by atoms with Gasteiger partial charge < -0.3 is 10.1 Å². The van der Waals surface area contributed by atoms with Gasteiger partial charge in [-0.25, -0.2) is 8.42 Å². The number of nitrogens with zero attached hydrogens (tertiary/aromatic N) is 1. The van der Waals surface area contributed by atoms with E-state index in [1.165, 1.54) is 4.31 Å². The van der Waals surface area contributed by atoms with Crippen LogP contribution in [0.3, 0.4) is 0 Å². The van der Waals surface area contributed by atoms with Gasteiger partial charge in [-0.15, -0.1) is 0 Å². The minimum atomic E-state index is -3.55. The van der Waals surface area contributed by atoms with Crippen molar-refractivity contribution >= 4 is 15.9 Å². The Hall–Kier alpha value is -1.44. The zero-order valence-electron chi connectivity index (χ0n) is 15.9. The second-order valence-electron chi connectivity index (χ2n) is 7.08. The monoisotopic (exact) mass is 382 g/mol. The summed E-state index contributed by atoms with van der Waals surface area (Å²) < 4.78 is 32.5. The van der Waals surface area contributed by atoms with Gasteiger partial charge in [0, 0.05) is 26.2 Å². The van der Waals surface area contributed by atoms with Gasteiger partial charge in [0.15, 0.2) is 0 Å². The molecule has 1 N–H and O–H groups in total. The van der Waals surface area contributed by atoms with Crippen molar-refractivity contribution < 1.29 is 17.9 Å². The number of amides is 1. The number of ether oxygens (including phenoxy) is 1. The van der Waals surface area contributed by atoms with E-state index in [0.717, 1.165) is 12.0 Å². The Labute approximate surface area is 157 Å². The number of piperidine rings is 1. The minimum Gasteiger partial charge on any atom is -0.379 e. The van der Waals surface area contributed by atoms with Crippen LogP contribution in [-0.4, -0.2) is 51.0 Å². The van der Waals surface area contributed by atoms with Crippen LogP contribution in [0.4, 0.5) is 0 Å². The zero-order valence-corrected chi connectivity index (χ0v) is 16.7. The van der Waals surface area contributed by atoms with Gasteiger partial charge in [-0.05, 0) is 52.2 Å². The maximum absolute atomic E-state index is 12.8. The number of nitrogens with one attached hydrogen (secondary N) is 1. The number of hydrogen-bond donors (Lipinski definition) is 1. The van der Waals surface area contributed by atoms with Crippen molar-refractivity contribution in [1.29, 1.82) is 0 Å². The van der Waals surface area contributed by atoms with Crippen LogP contribution >= 0.6 is 0 Å². The van der Waals surface area contributed by atoms with Crippen LogP contribution in [-0.2, 0) is 19.6 Å². The lowest BCUT2D eigenvalue weighted by Gasteiger charge is -2.31. The molecule has 0 aliphatic carbocycles. The van der Waals surface area contributed by atoms with Crippen molar-refractivity contribution in [3.05, 3.63) is 29.8 Å². The summed E-state index contributed by atoms with van der Waals surface area (Å²) in [7, 11) is -3.55. The summed E-state index contributed by atoms with van der Waals surface area (Å²) in [5, 5.41) is 2.90. The van der Waals surface area contributed by atoms with Gasteiger partial charge >= 0.3 is 0 Å². The normalized spacial score (nSPS) is 18.8. The Balaban J connectivity index is 1.89. The number of sulfonamides is 1. The summed E-state index contributed by atoms with van der Waals surface area (Å²) in [6, 6.07) is 6.84. The highest BCUT2D eigenvalue weighted by Gasteiger charge is 2.33. The lowest BCUT2D eigenvalue weighted by atomic mass is 9.99. The number of carbonyl (C=O) groups is 1. The molecule has 0 radical (unpaired) electrons. The fraction of sp³-hybridized carbons (Fsp3) is 0.632. The van der Waals surface area contributed by atoms with E-state index in [2.05, 4.69) is 5.32 Å². The predicted molar refractivity (Wildman–Crippen MR) is 101 cm³/mol. The Morgan fingerprint density at radius 1 is 1.31 bits per heavy atom. The van der Waals surface area contributed by atoms with Gasteiger partial charge in [-0.1, -0.05) is 17.7 Å². The molecule has 0 bridgehead atoms. The summed E-state index contributed by atoms with van der Waals surface area (Å²) >= 11 is 0. The van der Waals surface area contributed by atoms with Crippen molar-refractivity contribution in [2.75, 3.05) is 26.2 Å². The van der Waals surface area contributed by atoms with Crippen LogP contribution < -0.4 is 5.32 Å². The molecular weight excluding hydrogens is 352 g/mol. The number of carbonyl (C=O) groups excluding carboxylic acids is 1. The van der Waals surface area contributed by atoms with Crippen LogP contribution in [0.5, 0.6) is 0 Å². The van der Waals surface area contributed by atoms with Crippen LogP contribution in [0, 0.1) is 12.8 Å². The molecule has 0 spiro atoms. The highest BCUT2D eigenvalue weighted by atomic mass is 32.2. The maximum Gasteiger partial charge on any atom is 0.243 e. The van der Waals surface area contributed by atoms with Gasteiger partial charge in [0.1, 0.15) is 0 Å². The third-order valence-corrected chi connectivity index (χ3v) is 6.36. The van der Waals surface area contributed by atoms with Crippen molar-refractivity contribution in [3.8, 4) is 0 Å². The van der Waals surface area contributed by atoms with E-state index in [1.807, 2.05) is 20.8 Å². The standard InChI is InChI=1S/C19H30N2O4S/c1-15(2)25-13-5-11-20-19(22)17-6-4-12-21(14-17)26(23,24)18-9-7-16(3)8-10-18/h7-10,15,17H,4-6,11-14H2,1-3H3,(H,20,22)/t17-/m0/s1. The van der Waals surface area contributed by atoms with E-state index in [-0.39, 0.29) is 29.4 Å². The summed E-state index contributed by atoms with van der Waals surface area (Å²) in [6.07, 6.45) is 2.35. The fourth-order valence-corrected chi connectivity index (χ4v) is 4.50. The van der Waals surface area contributed by atoms with E-state index < -0.39 is 10.0 Å². The first-order valence-electron chi connectivity index (χ1n) is 9.27. The highest BCUT2D eigenvalue weighted by Crippen LogP contribution is 2.24. The number of rotatable bonds is 8. The van der Waals surface area contributed by atoms with Crippen LogP contribution in [0.2, 0.25) is 0 Å². The van der Waals surface area contributed by atoms with E-state index in [9.17, 15) is 13.2 Å². The summed E-state index contributed by atoms with van der Waals surface area (Å²) in [5.41, 5.74) is 1.02. The van der Waals surface area contributed by atoms with Gasteiger partial charge in [-0.3, -0.25) is 4.79 Å². The lowest BCUT2D eigenvalue weighted by molar-refractivity contribution is -0.126. The average molecular weight is 383 g/mol. The molecule has 1 aliphatic rings. The van der Waals surface area contributed by atoms with Gasteiger partial charge in [0.2, 0.25) is 15.9 Å². The van der Waals surface area contributed by atoms with E-state index in [4.69, 9.17) is 4.74 Å². The highest BCUT2D eigenvalue weighted by molar-refractivity contribution is 7.89. The molecular formula is C19H30N2O4S. The fourth-order valence-electron chi connectivity index (χ4n) is 2.98. The summed E-state index contributed by atoms with van der Waals surface area (Å²) in [6.45, 7) is 7.73. The molecule has 1 fully saturated rings. The molecule has 146 valence electrons. The minimum absolute atomic E-state index is 0.0710. The first-order chi connectivity index (χ1) is 12.3. The Morgan fingerprint density at radius 3 is 2.65 bits per heavy atom. The molecule has 1 aromatic rings. The van der Waals surface area contributed by atoms with E-state index >= 15 is 0 Å². The van der Waals surface area contributed by atoms with Gasteiger partial charge in [0.25, 0.3) is 0 Å². The van der Waals surface area contributed by atoms with Gasteiger partial charge in [0.05, 0.1) is 16.9 Å². The second-order valence-corrected chi connectivity index (χ2v) is 9.02. The van der Waals surface area contributed by atoms with Gasteiger partial charge in [-0.2, -0.15) is 4.31 Å². The third-order valence-electron chi connectivity index (χ3n) is 4.49. The molecule has 1 amide bonds. The maximum atomic E-state index is 12.8. The smallest absolute Gasteiger partial charge is 0.243 e. The van der Waals surface area contributed by atoms with Crippen molar-refractivity contribution in [3.63, 3.8) is 0 Å². The molecule has 6 nitrogen and oxygen atoms in total. The van der Waals surface area contributed by atoms with E-state index in [0.29, 0.717) is 32.5 Å². The second kappa shape index (κ2) is 9.48. The molecule has 7 heteroatoms. The molecule has 0 unspecified atom stereocenters. The van der Waals surface area contributed by atoms with Crippen molar-refractivity contribution in [2.24, 2.45) is 5.92 Å². The number of hydrogen-bond acceptors (Lipinski definition) is 4. The first-order valence-corrected chi connectivity index (χ1v) is 10.7. The number of benzene rings is 1. The van der Waals surface area contributed by atoms with Crippen LogP contribution in [0.25, 0.3) is 0 Å². The largest absolute Gasteiger partial charge is 0.379 e. The predicted octanol–water partition coefficient (Wildman–Crippen LogP) is 2.33. The lowest BCUT2D eigenvalue weighted by Crippen LogP contribution is -2.45. The molecule has 1 atom stereocenters. The molecule has 1 saturated heterocycles. The molecule has 0 aromatic heterocycles. The summed E-state index contributed by atoms with van der Waals surface area (Å²) in [4.78, 5) is 12.7. The molecule has 0 saturated carbocycles. The Bertz CT molecular complexity index is 686. The van der Waals surface area contributed by atoms with Crippen LogP contribution in [0.15, 0.2) is 29.2 Å². The summed E-state index contributed by atoms with van der Waals surface area (Å²) in [5.74, 6) is -0.367. The number of aryl methyl sites for hydroxylation is 1. The van der Waals surface area contributed by atoms with Crippen molar-refractivity contribution in [1.82, 2.24) is 9.62 Å². The Kier molecular flexibility index (Phi) is 7.61. The topological polar surface area (TPSA) is 75.7 Å². The van der Waals surface area contributed by atoms with E-state index in [1.54, 1.807) is 24.3 Å². The first kappa shape index (κ1) is 20.9. The molecule has 2 rings (SSSR count). The third kappa shape index (κ3) is 5.79. The van der Waals surface area contributed by atoms with Crippen molar-refractivity contribution in [2.45, 2.75) is 51.0 Å². The molecule has 1 aromatic carbocycles.